The van der Waals surface area contributed by atoms with Crippen molar-refractivity contribution in [1.82, 2.24) is 9.55 Å². The Morgan fingerprint density at radius 2 is 1.43 bits per heavy atom. The highest BCUT2D eigenvalue weighted by atomic mass is 32.2. The maximum Gasteiger partial charge on any atom is 0.262 e. The largest absolute Gasteiger partial charge is 0.283 e. The van der Waals surface area contributed by atoms with Crippen LogP contribution in [-0.4, -0.2) is 9.55 Å². The monoisotopic (exact) mass is 408 g/mol. The number of fused-ring (bicyclic) bond motifs is 2. The van der Waals surface area contributed by atoms with Crippen LogP contribution in [0.5, 0.6) is 0 Å². The molecule has 0 saturated heterocycles. The second-order valence-electron chi connectivity index (χ2n) is 7.22. The molecule has 0 unspecified atom stereocenters. The van der Waals surface area contributed by atoms with E-state index < -0.39 is 0 Å². The first-order valence-electron chi connectivity index (χ1n) is 9.92. The van der Waals surface area contributed by atoms with Gasteiger partial charge in [0.25, 0.3) is 5.56 Å². The number of rotatable bonds is 5. The van der Waals surface area contributed by atoms with Gasteiger partial charge in [-0.1, -0.05) is 96.7 Å². The number of hydrogen-bond donors (Lipinski definition) is 0. The zero-order valence-electron chi connectivity index (χ0n) is 16.4. The Bertz CT molecular complexity index is 1390. The van der Waals surface area contributed by atoms with Gasteiger partial charge in [0, 0.05) is 5.75 Å². The molecule has 4 heteroatoms. The molecule has 1 aromatic heterocycles. The summed E-state index contributed by atoms with van der Waals surface area (Å²) in [7, 11) is 0. The van der Waals surface area contributed by atoms with Crippen molar-refractivity contribution in [2.75, 3.05) is 0 Å². The lowest BCUT2D eigenvalue weighted by atomic mass is 10.1. The predicted octanol–water partition coefficient (Wildman–Crippen LogP) is 5.89. The molecule has 30 heavy (non-hydrogen) atoms. The van der Waals surface area contributed by atoms with Crippen LogP contribution in [0.3, 0.4) is 0 Å². The minimum Gasteiger partial charge on any atom is -0.283 e. The van der Waals surface area contributed by atoms with E-state index in [-0.39, 0.29) is 5.56 Å². The molecule has 0 bridgehead atoms. The highest BCUT2D eigenvalue weighted by Crippen LogP contribution is 2.27. The number of hydrogen-bond acceptors (Lipinski definition) is 3. The first-order chi connectivity index (χ1) is 14.8. The third-order valence-electron chi connectivity index (χ3n) is 5.25. The van der Waals surface area contributed by atoms with Crippen molar-refractivity contribution in [3.05, 3.63) is 119 Å². The van der Waals surface area contributed by atoms with Crippen LogP contribution < -0.4 is 5.56 Å². The Balaban J connectivity index is 1.57. The van der Waals surface area contributed by atoms with Crippen LogP contribution in [0.2, 0.25) is 0 Å². The van der Waals surface area contributed by atoms with E-state index in [1.54, 1.807) is 16.3 Å². The molecule has 0 N–H and O–H groups in total. The lowest BCUT2D eigenvalue weighted by Crippen LogP contribution is -2.24. The summed E-state index contributed by atoms with van der Waals surface area (Å²) in [4.78, 5) is 18.1. The molecule has 1 heterocycles. The number of thioether (sulfide) groups is 1. The van der Waals surface area contributed by atoms with Crippen molar-refractivity contribution in [2.45, 2.75) is 17.5 Å². The molecule has 146 valence electrons. The molecule has 4 aromatic carbocycles. The van der Waals surface area contributed by atoms with Gasteiger partial charge in [-0.15, -0.1) is 0 Å². The van der Waals surface area contributed by atoms with E-state index in [9.17, 15) is 4.79 Å². The SMILES string of the molecule is O=c1c2ccccc2nc(SCc2cccc3ccccc23)n1Cc1ccccc1. The molecule has 5 aromatic rings. The van der Waals surface area contributed by atoms with E-state index in [0.29, 0.717) is 11.9 Å². The quantitative estimate of drug-likeness (QED) is 0.269. The van der Waals surface area contributed by atoms with E-state index in [0.717, 1.165) is 22.0 Å². The zero-order chi connectivity index (χ0) is 20.3. The molecule has 0 saturated carbocycles. The minimum atomic E-state index is 0.00451. The predicted molar refractivity (Wildman–Crippen MR) is 125 cm³/mol. The molecule has 0 aliphatic carbocycles. The van der Waals surface area contributed by atoms with Gasteiger partial charge >= 0.3 is 0 Å². The number of aromatic nitrogens is 2. The average molecular weight is 409 g/mol. The van der Waals surface area contributed by atoms with Crippen LogP contribution in [0.1, 0.15) is 11.1 Å². The molecule has 0 aliphatic rings. The van der Waals surface area contributed by atoms with Crippen LogP contribution in [-0.2, 0) is 12.3 Å². The fourth-order valence-corrected chi connectivity index (χ4v) is 4.73. The molecule has 0 spiro atoms. The minimum absolute atomic E-state index is 0.00451. The van der Waals surface area contributed by atoms with Gasteiger partial charge in [-0.2, -0.15) is 0 Å². The summed E-state index contributed by atoms with van der Waals surface area (Å²) in [5.74, 6) is 0.751. The van der Waals surface area contributed by atoms with Gasteiger partial charge in [-0.25, -0.2) is 4.98 Å². The first kappa shape index (κ1) is 18.6. The molecule has 3 nitrogen and oxygen atoms in total. The normalized spacial score (nSPS) is 11.2. The van der Waals surface area contributed by atoms with Crippen LogP contribution in [0.25, 0.3) is 21.7 Å². The lowest BCUT2D eigenvalue weighted by Gasteiger charge is -2.14. The average Bonchev–Trinajstić information content (AvgIpc) is 2.80. The van der Waals surface area contributed by atoms with E-state index in [2.05, 4.69) is 42.5 Å². The maximum atomic E-state index is 13.3. The molecule has 0 aliphatic heterocycles. The van der Waals surface area contributed by atoms with Crippen molar-refractivity contribution in [3.8, 4) is 0 Å². The highest BCUT2D eigenvalue weighted by Gasteiger charge is 2.13. The van der Waals surface area contributed by atoms with Crippen molar-refractivity contribution in [3.63, 3.8) is 0 Å². The Kier molecular flexibility index (Phi) is 5.08. The molecule has 0 radical (unpaired) electrons. The second-order valence-corrected chi connectivity index (χ2v) is 8.16. The van der Waals surface area contributed by atoms with E-state index >= 15 is 0 Å². The summed E-state index contributed by atoms with van der Waals surface area (Å²) < 4.78 is 1.80. The fraction of sp³-hybridized carbons (Fsp3) is 0.0769. The van der Waals surface area contributed by atoms with Gasteiger partial charge in [0.05, 0.1) is 17.4 Å². The van der Waals surface area contributed by atoms with Crippen LogP contribution in [0.15, 0.2) is 107 Å². The van der Waals surface area contributed by atoms with Crippen LogP contribution in [0, 0.1) is 0 Å². The summed E-state index contributed by atoms with van der Waals surface area (Å²) in [5.41, 5.74) is 3.08. The summed E-state index contributed by atoms with van der Waals surface area (Å²) in [6.45, 7) is 0.509. The number of nitrogens with zero attached hydrogens (tertiary/aromatic N) is 2. The fourth-order valence-electron chi connectivity index (χ4n) is 3.72. The van der Waals surface area contributed by atoms with Crippen molar-refractivity contribution in [1.29, 1.82) is 0 Å². The zero-order valence-corrected chi connectivity index (χ0v) is 17.2. The van der Waals surface area contributed by atoms with Crippen molar-refractivity contribution < 1.29 is 0 Å². The second kappa shape index (κ2) is 8.17. The molecular weight excluding hydrogens is 388 g/mol. The Morgan fingerprint density at radius 1 is 0.733 bits per heavy atom. The number of benzene rings is 4. The molecule has 0 amide bonds. The first-order valence-corrected chi connectivity index (χ1v) is 10.9. The van der Waals surface area contributed by atoms with E-state index in [1.165, 1.54) is 16.3 Å². The number of para-hydroxylation sites is 1. The van der Waals surface area contributed by atoms with Crippen LogP contribution >= 0.6 is 11.8 Å². The third kappa shape index (κ3) is 3.62. The Morgan fingerprint density at radius 3 is 2.30 bits per heavy atom. The standard InChI is InChI=1S/C26H20N2OS/c29-25-23-15-6-7-16-24(23)27-26(28(25)17-19-9-2-1-3-10-19)30-18-21-13-8-12-20-11-4-5-14-22(20)21/h1-16H,17-18H2. The van der Waals surface area contributed by atoms with Crippen molar-refractivity contribution in [2.24, 2.45) is 0 Å². The van der Waals surface area contributed by atoms with Gasteiger partial charge in [0.2, 0.25) is 0 Å². The topological polar surface area (TPSA) is 34.9 Å². The van der Waals surface area contributed by atoms with Gasteiger partial charge in [0.15, 0.2) is 5.16 Å². The Labute approximate surface area is 179 Å². The van der Waals surface area contributed by atoms with Gasteiger partial charge < -0.3 is 0 Å². The van der Waals surface area contributed by atoms with Gasteiger partial charge in [-0.05, 0) is 34.0 Å². The molecule has 5 rings (SSSR count). The summed E-state index contributed by atoms with van der Waals surface area (Å²) in [6.07, 6.45) is 0. The van der Waals surface area contributed by atoms with Crippen LogP contribution in [0.4, 0.5) is 0 Å². The molecule has 0 fully saturated rings. The summed E-state index contributed by atoms with van der Waals surface area (Å²) >= 11 is 1.62. The summed E-state index contributed by atoms with van der Waals surface area (Å²) in [6, 6.07) is 32.4. The Hall–Kier alpha value is -3.37. The van der Waals surface area contributed by atoms with Gasteiger partial charge in [0.1, 0.15) is 0 Å². The smallest absolute Gasteiger partial charge is 0.262 e. The maximum absolute atomic E-state index is 13.3. The van der Waals surface area contributed by atoms with E-state index in [4.69, 9.17) is 4.98 Å². The van der Waals surface area contributed by atoms with Gasteiger partial charge in [-0.3, -0.25) is 9.36 Å². The molecular formula is C26H20N2OS. The third-order valence-corrected chi connectivity index (χ3v) is 6.27. The molecule has 0 atom stereocenters. The lowest BCUT2D eigenvalue weighted by molar-refractivity contribution is 0.658. The van der Waals surface area contributed by atoms with E-state index in [1.807, 2.05) is 54.6 Å². The summed E-state index contributed by atoms with van der Waals surface area (Å²) in [5, 5.41) is 3.87. The van der Waals surface area contributed by atoms with Crippen molar-refractivity contribution >= 4 is 33.4 Å². The highest BCUT2D eigenvalue weighted by molar-refractivity contribution is 7.98.